The van der Waals surface area contributed by atoms with Gasteiger partial charge >= 0.3 is 0 Å². The van der Waals surface area contributed by atoms with Gasteiger partial charge in [0.05, 0.1) is 20.8 Å². The summed E-state index contributed by atoms with van der Waals surface area (Å²) in [6, 6.07) is 6.57. The van der Waals surface area contributed by atoms with E-state index in [1.54, 1.807) is 14.2 Å². The lowest BCUT2D eigenvalue weighted by molar-refractivity contribution is -0.123. The molecule has 1 atom stereocenters. The van der Waals surface area contributed by atoms with Crippen LogP contribution in [0.3, 0.4) is 0 Å². The molecule has 2 aliphatic rings. The molecule has 1 amide bonds. The Morgan fingerprint density at radius 3 is 2.67 bits per heavy atom. The van der Waals surface area contributed by atoms with Gasteiger partial charge in [0.1, 0.15) is 11.5 Å². The molecular weight excluding hydrogens is 304 g/mol. The zero-order chi connectivity index (χ0) is 16.9. The molecule has 1 aliphatic heterocycles. The molecule has 132 valence electrons. The van der Waals surface area contributed by atoms with Crippen LogP contribution in [-0.2, 0) is 4.79 Å². The van der Waals surface area contributed by atoms with Crippen LogP contribution >= 0.6 is 0 Å². The molecule has 1 heterocycles. The Balaban J connectivity index is 1.67. The fourth-order valence-electron chi connectivity index (χ4n) is 3.99. The van der Waals surface area contributed by atoms with Crippen molar-refractivity contribution in [3.63, 3.8) is 0 Å². The highest BCUT2D eigenvalue weighted by Crippen LogP contribution is 2.38. The van der Waals surface area contributed by atoms with Crippen molar-refractivity contribution in [2.24, 2.45) is 0 Å². The van der Waals surface area contributed by atoms with Crippen LogP contribution in [0.25, 0.3) is 0 Å². The average molecular weight is 332 g/mol. The molecule has 5 heteroatoms. The number of methoxy groups -OCH3 is 2. The quantitative estimate of drug-likeness (QED) is 0.870. The highest BCUT2D eigenvalue weighted by Gasteiger charge is 2.30. The van der Waals surface area contributed by atoms with Crippen LogP contribution in [0.2, 0.25) is 0 Å². The molecule has 1 aromatic rings. The number of nitrogens with one attached hydrogen (secondary N) is 1. The minimum Gasteiger partial charge on any atom is -0.497 e. The Bertz CT molecular complexity index is 570. The maximum atomic E-state index is 12.4. The first-order chi connectivity index (χ1) is 11.7. The first kappa shape index (κ1) is 17.1. The Morgan fingerprint density at radius 2 is 1.96 bits per heavy atom. The molecule has 1 N–H and O–H groups in total. The molecule has 0 aromatic heterocycles. The lowest BCUT2D eigenvalue weighted by atomic mass is 10.0. The SMILES string of the molecule is COc1ccc([C@@H]2CCCN2CC(=O)NC2CCCC2)c(OC)c1. The molecule has 0 radical (unpaired) electrons. The molecule has 0 spiro atoms. The van der Waals surface area contributed by atoms with E-state index in [0.717, 1.165) is 49.3 Å². The van der Waals surface area contributed by atoms with Crippen LogP contribution in [-0.4, -0.2) is 44.2 Å². The van der Waals surface area contributed by atoms with Gasteiger partial charge in [-0.3, -0.25) is 9.69 Å². The molecule has 3 rings (SSSR count). The second-order valence-corrected chi connectivity index (χ2v) is 6.79. The van der Waals surface area contributed by atoms with Crippen molar-refractivity contribution in [3.05, 3.63) is 23.8 Å². The molecule has 1 aromatic carbocycles. The van der Waals surface area contributed by atoms with Gasteiger partial charge < -0.3 is 14.8 Å². The van der Waals surface area contributed by atoms with E-state index in [1.165, 1.54) is 12.8 Å². The molecule has 1 aliphatic carbocycles. The molecule has 1 saturated heterocycles. The number of hydrogen-bond donors (Lipinski definition) is 1. The number of hydrogen-bond acceptors (Lipinski definition) is 4. The van der Waals surface area contributed by atoms with E-state index < -0.39 is 0 Å². The standard InChI is InChI=1S/C19H28N2O3/c1-23-15-9-10-16(18(12-15)24-2)17-8-5-11-21(17)13-19(22)20-14-6-3-4-7-14/h9-10,12,14,17H,3-8,11,13H2,1-2H3,(H,20,22)/t17-/m0/s1. The third kappa shape index (κ3) is 3.83. The predicted molar refractivity (Wildman–Crippen MR) is 93.5 cm³/mol. The lowest BCUT2D eigenvalue weighted by Gasteiger charge is -2.26. The van der Waals surface area contributed by atoms with Gasteiger partial charge in [-0.25, -0.2) is 0 Å². The minimum atomic E-state index is 0.154. The van der Waals surface area contributed by atoms with Crippen LogP contribution in [0.1, 0.15) is 50.1 Å². The summed E-state index contributed by atoms with van der Waals surface area (Å²) in [4.78, 5) is 14.7. The first-order valence-electron chi connectivity index (χ1n) is 8.96. The second-order valence-electron chi connectivity index (χ2n) is 6.79. The first-order valence-corrected chi connectivity index (χ1v) is 8.96. The highest BCUT2D eigenvalue weighted by atomic mass is 16.5. The largest absolute Gasteiger partial charge is 0.497 e. The van der Waals surface area contributed by atoms with Gasteiger partial charge in [0, 0.05) is 23.7 Å². The number of carbonyl (C=O) groups excluding carboxylic acids is 1. The zero-order valence-electron chi connectivity index (χ0n) is 14.7. The molecule has 5 nitrogen and oxygen atoms in total. The van der Waals surface area contributed by atoms with Gasteiger partial charge in [0.25, 0.3) is 0 Å². The summed E-state index contributed by atoms with van der Waals surface area (Å²) < 4.78 is 10.8. The molecule has 0 bridgehead atoms. The molecule has 1 saturated carbocycles. The van der Waals surface area contributed by atoms with Gasteiger partial charge in [-0.05, 0) is 38.3 Å². The monoisotopic (exact) mass is 332 g/mol. The maximum Gasteiger partial charge on any atom is 0.234 e. The molecule has 24 heavy (non-hydrogen) atoms. The van der Waals surface area contributed by atoms with Crippen molar-refractivity contribution in [1.29, 1.82) is 0 Å². The number of ether oxygens (including phenoxy) is 2. The number of carbonyl (C=O) groups is 1. The Morgan fingerprint density at radius 1 is 1.17 bits per heavy atom. The van der Waals surface area contributed by atoms with E-state index in [-0.39, 0.29) is 11.9 Å². The van der Waals surface area contributed by atoms with Gasteiger partial charge in [-0.15, -0.1) is 0 Å². The van der Waals surface area contributed by atoms with Crippen LogP contribution in [0.5, 0.6) is 11.5 Å². The summed E-state index contributed by atoms with van der Waals surface area (Å²) in [6.07, 6.45) is 6.89. The number of amides is 1. The van der Waals surface area contributed by atoms with Gasteiger partial charge in [-0.1, -0.05) is 18.9 Å². The smallest absolute Gasteiger partial charge is 0.234 e. The van der Waals surface area contributed by atoms with Gasteiger partial charge in [0.2, 0.25) is 5.91 Å². The number of nitrogens with zero attached hydrogens (tertiary/aromatic N) is 1. The number of likely N-dealkylation sites (tertiary alicyclic amines) is 1. The van der Waals surface area contributed by atoms with E-state index in [9.17, 15) is 4.79 Å². The fourth-order valence-corrected chi connectivity index (χ4v) is 3.99. The number of benzene rings is 1. The Kier molecular flexibility index (Phi) is 5.61. The fraction of sp³-hybridized carbons (Fsp3) is 0.632. The van der Waals surface area contributed by atoms with Gasteiger partial charge in [0.15, 0.2) is 0 Å². The summed E-state index contributed by atoms with van der Waals surface area (Å²) in [7, 11) is 3.34. The van der Waals surface area contributed by atoms with Crippen LogP contribution in [0.4, 0.5) is 0 Å². The van der Waals surface area contributed by atoms with Crippen molar-refractivity contribution in [2.45, 2.75) is 50.6 Å². The van der Waals surface area contributed by atoms with E-state index in [4.69, 9.17) is 9.47 Å². The average Bonchev–Trinajstić information content (AvgIpc) is 3.26. The van der Waals surface area contributed by atoms with Gasteiger partial charge in [-0.2, -0.15) is 0 Å². The van der Waals surface area contributed by atoms with Crippen molar-refractivity contribution in [1.82, 2.24) is 10.2 Å². The third-order valence-corrected chi connectivity index (χ3v) is 5.23. The van der Waals surface area contributed by atoms with E-state index in [1.807, 2.05) is 12.1 Å². The summed E-state index contributed by atoms with van der Waals surface area (Å²) in [5.41, 5.74) is 1.14. The van der Waals surface area contributed by atoms with E-state index in [0.29, 0.717) is 12.6 Å². The highest BCUT2D eigenvalue weighted by molar-refractivity contribution is 5.78. The second kappa shape index (κ2) is 7.88. The van der Waals surface area contributed by atoms with Crippen LogP contribution in [0.15, 0.2) is 18.2 Å². The van der Waals surface area contributed by atoms with Crippen molar-refractivity contribution in [2.75, 3.05) is 27.3 Å². The van der Waals surface area contributed by atoms with Crippen molar-refractivity contribution < 1.29 is 14.3 Å². The summed E-state index contributed by atoms with van der Waals surface area (Å²) >= 11 is 0. The third-order valence-electron chi connectivity index (χ3n) is 5.23. The normalized spacial score (nSPS) is 21.8. The van der Waals surface area contributed by atoms with Crippen molar-refractivity contribution in [3.8, 4) is 11.5 Å². The number of rotatable bonds is 6. The predicted octanol–water partition coefficient (Wildman–Crippen LogP) is 2.90. The summed E-state index contributed by atoms with van der Waals surface area (Å²) in [5.74, 6) is 1.78. The topological polar surface area (TPSA) is 50.8 Å². The van der Waals surface area contributed by atoms with Crippen molar-refractivity contribution >= 4 is 5.91 Å². The zero-order valence-corrected chi connectivity index (χ0v) is 14.7. The molecule has 0 unspecified atom stereocenters. The summed E-state index contributed by atoms with van der Waals surface area (Å²) in [5, 5.41) is 3.19. The lowest BCUT2D eigenvalue weighted by Crippen LogP contribution is -2.41. The Labute approximate surface area is 144 Å². The van der Waals surface area contributed by atoms with E-state index in [2.05, 4.69) is 16.3 Å². The van der Waals surface area contributed by atoms with E-state index >= 15 is 0 Å². The molecular formula is C19H28N2O3. The Hall–Kier alpha value is -1.75. The maximum absolute atomic E-state index is 12.4. The minimum absolute atomic E-state index is 0.154. The van der Waals surface area contributed by atoms with Crippen LogP contribution in [0, 0.1) is 0 Å². The molecule has 2 fully saturated rings. The van der Waals surface area contributed by atoms with Crippen LogP contribution < -0.4 is 14.8 Å². The summed E-state index contributed by atoms with van der Waals surface area (Å²) in [6.45, 7) is 1.42.